The number of nitrogens with zero attached hydrogens (tertiary/aromatic N) is 2. The van der Waals surface area contributed by atoms with Gasteiger partial charge < -0.3 is 9.88 Å². The minimum Gasteiger partial charge on any atom is -0.327 e. The van der Waals surface area contributed by atoms with Crippen LogP contribution in [0.15, 0.2) is 24.3 Å². The van der Waals surface area contributed by atoms with Crippen molar-refractivity contribution in [2.45, 2.75) is 38.1 Å². The minimum atomic E-state index is 0.726. The summed E-state index contributed by atoms with van der Waals surface area (Å²) in [6.07, 6.45) is 5.32. The van der Waals surface area contributed by atoms with Crippen molar-refractivity contribution in [2.24, 2.45) is 5.92 Å². The van der Waals surface area contributed by atoms with E-state index in [0.29, 0.717) is 0 Å². The molecule has 2 aliphatic rings. The van der Waals surface area contributed by atoms with Gasteiger partial charge >= 0.3 is 0 Å². The molecule has 4 rings (SSSR count). The van der Waals surface area contributed by atoms with Crippen LogP contribution in [0.4, 0.5) is 0 Å². The Labute approximate surface area is 114 Å². The fraction of sp³-hybridized carbons (Fsp3) is 0.562. The molecule has 0 spiro atoms. The van der Waals surface area contributed by atoms with Gasteiger partial charge in [0, 0.05) is 12.5 Å². The van der Waals surface area contributed by atoms with Gasteiger partial charge in [0.1, 0.15) is 5.82 Å². The van der Waals surface area contributed by atoms with Crippen molar-refractivity contribution in [3.8, 4) is 0 Å². The van der Waals surface area contributed by atoms with Gasteiger partial charge in [-0.3, -0.25) is 0 Å². The smallest absolute Gasteiger partial charge is 0.113 e. The van der Waals surface area contributed by atoms with Crippen molar-refractivity contribution >= 4 is 11.0 Å². The first kappa shape index (κ1) is 11.5. The van der Waals surface area contributed by atoms with Crippen LogP contribution in [0.25, 0.3) is 11.0 Å². The molecule has 1 aromatic heterocycles. The molecule has 1 N–H and O–H groups in total. The Morgan fingerprint density at radius 2 is 2.11 bits per heavy atom. The first-order chi connectivity index (χ1) is 9.42. The molecule has 1 saturated carbocycles. The van der Waals surface area contributed by atoms with Crippen LogP contribution >= 0.6 is 0 Å². The summed E-state index contributed by atoms with van der Waals surface area (Å²) in [5.74, 6) is 2.83. The number of hydrogen-bond donors (Lipinski definition) is 1. The molecule has 1 aliphatic heterocycles. The van der Waals surface area contributed by atoms with E-state index in [1.54, 1.807) is 0 Å². The second kappa shape index (κ2) is 4.64. The second-order valence-electron chi connectivity index (χ2n) is 6.06. The molecule has 2 aromatic rings. The second-order valence-corrected chi connectivity index (χ2v) is 6.06. The Bertz CT molecular complexity index is 577. The van der Waals surface area contributed by atoms with E-state index in [1.165, 1.54) is 49.1 Å². The summed E-state index contributed by atoms with van der Waals surface area (Å²) in [6, 6.07) is 8.61. The summed E-state index contributed by atoms with van der Waals surface area (Å²) in [6.45, 7) is 3.49. The van der Waals surface area contributed by atoms with Crippen molar-refractivity contribution in [1.29, 1.82) is 0 Å². The van der Waals surface area contributed by atoms with E-state index >= 15 is 0 Å². The number of para-hydroxylation sites is 2. The highest BCUT2D eigenvalue weighted by atomic mass is 15.1. The van der Waals surface area contributed by atoms with E-state index in [2.05, 4.69) is 34.1 Å². The lowest BCUT2D eigenvalue weighted by Crippen LogP contribution is -2.32. The van der Waals surface area contributed by atoms with Crippen molar-refractivity contribution in [3.63, 3.8) is 0 Å². The molecule has 1 aliphatic carbocycles. The Kier molecular flexibility index (Phi) is 2.80. The molecule has 19 heavy (non-hydrogen) atoms. The van der Waals surface area contributed by atoms with Crippen LogP contribution < -0.4 is 5.32 Å². The summed E-state index contributed by atoms with van der Waals surface area (Å²) in [7, 11) is 0. The third kappa shape index (κ3) is 2.16. The van der Waals surface area contributed by atoms with Crippen LogP contribution in [0.5, 0.6) is 0 Å². The number of hydrogen-bond acceptors (Lipinski definition) is 2. The number of nitrogens with one attached hydrogen (secondary N) is 1. The van der Waals surface area contributed by atoms with E-state index in [4.69, 9.17) is 4.98 Å². The van der Waals surface area contributed by atoms with Crippen molar-refractivity contribution < 1.29 is 0 Å². The number of fused-ring (bicyclic) bond motifs is 1. The summed E-state index contributed by atoms with van der Waals surface area (Å²) in [5, 5.41) is 3.53. The zero-order chi connectivity index (χ0) is 12.7. The van der Waals surface area contributed by atoms with E-state index in [9.17, 15) is 0 Å². The van der Waals surface area contributed by atoms with Gasteiger partial charge in [0.05, 0.1) is 11.0 Å². The molecule has 1 aromatic carbocycles. The molecule has 3 heteroatoms. The van der Waals surface area contributed by atoms with E-state index in [1.807, 2.05) is 0 Å². The van der Waals surface area contributed by atoms with Gasteiger partial charge in [0.15, 0.2) is 0 Å². The highest BCUT2D eigenvalue weighted by Crippen LogP contribution is 2.41. The molecule has 1 saturated heterocycles. The molecular formula is C16H21N3. The third-order valence-electron chi connectivity index (χ3n) is 4.47. The standard InChI is InChI=1S/C16H21N3/c1-2-6-15-14(5-1)18-16(13-7-8-13)19(15)11-12-4-3-9-17-10-12/h1-2,5-6,12-13,17H,3-4,7-11H2/t12-/m1/s1. The quantitative estimate of drug-likeness (QED) is 0.914. The van der Waals surface area contributed by atoms with Gasteiger partial charge in [-0.2, -0.15) is 0 Å². The number of aromatic nitrogens is 2. The zero-order valence-corrected chi connectivity index (χ0v) is 11.3. The minimum absolute atomic E-state index is 0.726. The summed E-state index contributed by atoms with van der Waals surface area (Å²) >= 11 is 0. The van der Waals surface area contributed by atoms with Gasteiger partial charge in [-0.25, -0.2) is 4.98 Å². The average molecular weight is 255 g/mol. The number of imidazole rings is 1. The molecule has 0 amide bonds. The van der Waals surface area contributed by atoms with Crippen molar-refractivity contribution in [3.05, 3.63) is 30.1 Å². The van der Waals surface area contributed by atoms with Crippen LogP contribution in [-0.4, -0.2) is 22.6 Å². The van der Waals surface area contributed by atoms with Crippen molar-refractivity contribution in [1.82, 2.24) is 14.9 Å². The molecule has 0 bridgehead atoms. The average Bonchev–Trinajstić information content (AvgIpc) is 3.24. The van der Waals surface area contributed by atoms with Crippen molar-refractivity contribution in [2.75, 3.05) is 13.1 Å². The molecule has 0 unspecified atom stereocenters. The first-order valence-corrected chi connectivity index (χ1v) is 7.58. The normalized spacial score (nSPS) is 23.9. The molecular weight excluding hydrogens is 234 g/mol. The van der Waals surface area contributed by atoms with Crippen LogP contribution in [-0.2, 0) is 6.54 Å². The van der Waals surface area contributed by atoms with Gasteiger partial charge in [0.2, 0.25) is 0 Å². The summed E-state index contributed by atoms with van der Waals surface area (Å²) in [4.78, 5) is 4.88. The lowest BCUT2D eigenvalue weighted by molar-refractivity contribution is 0.337. The summed E-state index contributed by atoms with van der Waals surface area (Å²) < 4.78 is 2.50. The lowest BCUT2D eigenvalue weighted by Gasteiger charge is -2.24. The molecule has 2 heterocycles. The van der Waals surface area contributed by atoms with Crippen LogP contribution in [0.2, 0.25) is 0 Å². The fourth-order valence-electron chi connectivity index (χ4n) is 3.28. The molecule has 100 valence electrons. The zero-order valence-electron chi connectivity index (χ0n) is 11.3. The third-order valence-corrected chi connectivity index (χ3v) is 4.47. The van der Waals surface area contributed by atoms with Gasteiger partial charge in [-0.15, -0.1) is 0 Å². The monoisotopic (exact) mass is 255 g/mol. The Balaban J connectivity index is 1.71. The number of piperidine rings is 1. The van der Waals surface area contributed by atoms with Gasteiger partial charge in [-0.1, -0.05) is 12.1 Å². The number of benzene rings is 1. The van der Waals surface area contributed by atoms with Crippen LogP contribution in [0.3, 0.4) is 0 Å². The van der Waals surface area contributed by atoms with Crippen LogP contribution in [0, 0.1) is 5.92 Å². The van der Waals surface area contributed by atoms with Crippen LogP contribution in [0.1, 0.15) is 37.4 Å². The Hall–Kier alpha value is -1.35. The van der Waals surface area contributed by atoms with E-state index < -0.39 is 0 Å². The Morgan fingerprint density at radius 3 is 2.89 bits per heavy atom. The lowest BCUT2D eigenvalue weighted by atomic mass is 9.99. The molecule has 1 atom stereocenters. The molecule has 3 nitrogen and oxygen atoms in total. The highest BCUT2D eigenvalue weighted by molar-refractivity contribution is 5.76. The van der Waals surface area contributed by atoms with Gasteiger partial charge in [0.25, 0.3) is 0 Å². The SMILES string of the molecule is c1ccc2c(c1)nc(C1CC1)n2C[C@@H]1CCCNC1. The van der Waals surface area contributed by atoms with E-state index in [-0.39, 0.29) is 0 Å². The maximum Gasteiger partial charge on any atom is 0.113 e. The van der Waals surface area contributed by atoms with Gasteiger partial charge in [-0.05, 0) is 56.8 Å². The maximum atomic E-state index is 4.88. The summed E-state index contributed by atoms with van der Waals surface area (Å²) in [5.41, 5.74) is 2.50. The molecule has 0 radical (unpaired) electrons. The predicted molar refractivity (Wildman–Crippen MR) is 77.3 cm³/mol. The highest BCUT2D eigenvalue weighted by Gasteiger charge is 2.30. The first-order valence-electron chi connectivity index (χ1n) is 7.58. The number of rotatable bonds is 3. The predicted octanol–water partition coefficient (Wildman–Crippen LogP) is 2.91. The largest absolute Gasteiger partial charge is 0.327 e. The topological polar surface area (TPSA) is 29.9 Å². The maximum absolute atomic E-state index is 4.88. The van der Waals surface area contributed by atoms with E-state index in [0.717, 1.165) is 24.9 Å². The fourth-order valence-corrected chi connectivity index (χ4v) is 3.28. The Morgan fingerprint density at radius 1 is 1.21 bits per heavy atom. The molecule has 2 fully saturated rings.